The summed E-state index contributed by atoms with van der Waals surface area (Å²) in [5.74, 6) is 1.80. The smallest absolute Gasteiger partial charge is 0.323 e. The lowest BCUT2D eigenvalue weighted by Gasteiger charge is -2.23. The Balaban J connectivity index is 3.03. The van der Waals surface area contributed by atoms with Crippen molar-refractivity contribution in [3.63, 3.8) is 0 Å². The molecule has 0 aliphatic carbocycles. The van der Waals surface area contributed by atoms with Gasteiger partial charge in [0, 0.05) is 19.6 Å². The molecule has 0 atom stereocenters. The SMILES string of the molecule is CCCNc1nc(OC(C)C)nc(N(CC)CC(C)C)n1. The maximum Gasteiger partial charge on any atom is 0.323 e. The number of hydrogen-bond donors (Lipinski definition) is 1. The summed E-state index contributed by atoms with van der Waals surface area (Å²) < 4.78 is 5.65. The second kappa shape index (κ2) is 8.64. The maximum absolute atomic E-state index is 5.65. The molecule has 21 heavy (non-hydrogen) atoms. The lowest BCUT2D eigenvalue weighted by atomic mass is 10.2. The van der Waals surface area contributed by atoms with Crippen molar-refractivity contribution in [1.29, 1.82) is 0 Å². The topological polar surface area (TPSA) is 63.2 Å². The van der Waals surface area contributed by atoms with E-state index in [1.807, 2.05) is 13.8 Å². The summed E-state index contributed by atoms with van der Waals surface area (Å²) in [6.07, 6.45) is 1.06. The summed E-state index contributed by atoms with van der Waals surface area (Å²) in [4.78, 5) is 15.4. The molecule has 0 saturated carbocycles. The number of rotatable bonds is 9. The second-order valence-electron chi connectivity index (χ2n) is 5.77. The Kier molecular flexibility index (Phi) is 7.19. The molecule has 0 spiro atoms. The molecule has 1 heterocycles. The molecule has 0 saturated heterocycles. The van der Waals surface area contributed by atoms with E-state index in [0.717, 1.165) is 26.1 Å². The van der Waals surface area contributed by atoms with Crippen LogP contribution in [0.4, 0.5) is 11.9 Å². The van der Waals surface area contributed by atoms with Crippen molar-refractivity contribution >= 4 is 11.9 Å². The summed E-state index contributed by atoms with van der Waals surface area (Å²) >= 11 is 0. The molecule has 0 amide bonds. The van der Waals surface area contributed by atoms with E-state index < -0.39 is 0 Å². The van der Waals surface area contributed by atoms with Gasteiger partial charge < -0.3 is 15.0 Å². The van der Waals surface area contributed by atoms with E-state index in [1.54, 1.807) is 0 Å². The average Bonchev–Trinajstić information content (AvgIpc) is 2.41. The Morgan fingerprint density at radius 2 is 1.81 bits per heavy atom. The van der Waals surface area contributed by atoms with Crippen molar-refractivity contribution in [3.8, 4) is 6.01 Å². The first-order valence-electron chi connectivity index (χ1n) is 7.87. The summed E-state index contributed by atoms with van der Waals surface area (Å²) in [5, 5.41) is 3.21. The molecule has 120 valence electrons. The van der Waals surface area contributed by atoms with Crippen molar-refractivity contribution in [2.45, 2.75) is 54.1 Å². The first kappa shape index (κ1) is 17.5. The van der Waals surface area contributed by atoms with Crippen LogP contribution in [-0.4, -0.2) is 40.7 Å². The largest absolute Gasteiger partial charge is 0.461 e. The van der Waals surface area contributed by atoms with E-state index in [2.05, 4.69) is 52.9 Å². The van der Waals surface area contributed by atoms with E-state index in [1.165, 1.54) is 0 Å². The van der Waals surface area contributed by atoms with Crippen LogP contribution < -0.4 is 15.0 Å². The minimum Gasteiger partial charge on any atom is -0.461 e. The van der Waals surface area contributed by atoms with Gasteiger partial charge in [0.25, 0.3) is 0 Å². The summed E-state index contributed by atoms with van der Waals surface area (Å²) in [6.45, 7) is 15.1. The highest BCUT2D eigenvalue weighted by Gasteiger charge is 2.14. The minimum absolute atomic E-state index is 0.0412. The predicted molar refractivity (Wildman–Crippen MR) is 87.1 cm³/mol. The molecule has 0 aliphatic heterocycles. The van der Waals surface area contributed by atoms with Gasteiger partial charge >= 0.3 is 6.01 Å². The third kappa shape index (κ3) is 6.14. The molecule has 0 radical (unpaired) electrons. The lowest BCUT2D eigenvalue weighted by molar-refractivity contribution is 0.222. The molecule has 6 nitrogen and oxygen atoms in total. The third-order valence-electron chi connectivity index (χ3n) is 2.73. The van der Waals surface area contributed by atoms with Gasteiger partial charge in [-0.1, -0.05) is 20.8 Å². The number of nitrogens with zero attached hydrogens (tertiary/aromatic N) is 4. The zero-order chi connectivity index (χ0) is 15.8. The standard InChI is InChI=1S/C15H29N5O/c1-7-9-16-13-17-14(20(8-2)10-11(3)4)19-15(18-13)21-12(5)6/h11-12H,7-10H2,1-6H3,(H,16,17,18,19). The van der Waals surface area contributed by atoms with Gasteiger partial charge in [-0.15, -0.1) is 0 Å². The molecule has 1 aromatic rings. The molecular weight excluding hydrogens is 266 g/mol. The monoisotopic (exact) mass is 295 g/mol. The number of aromatic nitrogens is 3. The summed E-state index contributed by atoms with van der Waals surface area (Å²) in [6, 6.07) is 0.385. The highest BCUT2D eigenvalue weighted by atomic mass is 16.5. The van der Waals surface area contributed by atoms with Crippen LogP contribution in [0.25, 0.3) is 0 Å². The fourth-order valence-corrected chi connectivity index (χ4v) is 1.86. The third-order valence-corrected chi connectivity index (χ3v) is 2.73. The lowest BCUT2D eigenvalue weighted by Crippen LogP contribution is -2.29. The molecule has 0 unspecified atom stereocenters. The molecule has 1 rings (SSSR count). The van der Waals surface area contributed by atoms with Gasteiger partial charge in [-0.3, -0.25) is 0 Å². The Morgan fingerprint density at radius 3 is 2.33 bits per heavy atom. The van der Waals surface area contributed by atoms with Crippen molar-refractivity contribution in [3.05, 3.63) is 0 Å². The van der Waals surface area contributed by atoms with Crippen LogP contribution in [0.3, 0.4) is 0 Å². The molecule has 0 bridgehead atoms. The Bertz CT molecular complexity index is 423. The number of anilines is 2. The van der Waals surface area contributed by atoms with Gasteiger partial charge in [0.2, 0.25) is 11.9 Å². The Labute approximate surface area is 128 Å². The molecular formula is C15H29N5O. The molecule has 0 aromatic carbocycles. The summed E-state index contributed by atoms with van der Waals surface area (Å²) in [7, 11) is 0. The molecule has 0 fully saturated rings. The van der Waals surface area contributed by atoms with Crippen LogP contribution in [0.1, 0.15) is 48.0 Å². The van der Waals surface area contributed by atoms with E-state index in [0.29, 0.717) is 23.8 Å². The maximum atomic E-state index is 5.65. The van der Waals surface area contributed by atoms with Gasteiger partial charge in [0.15, 0.2) is 0 Å². The number of nitrogens with one attached hydrogen (secondary N) is 1. The van der Waals surface area contributed by atoms with Crippen LogP contribution in [-0.2, 0) is 0 Å². The van der Waals surface area contributed by atoms with Gasteiger partial charge in [0.1, 0.15) is 0 Å². The molecule has 0 aliphatic rings. The molecule has 1 aromatic heterocycles. The Morgan fingerprint density at radius 1 is 1.10 bits per heavy atom. The highest BCUT2D eigenvalue weighted by molar-refractivity contribution is 5.38. The van der Waals surface area contributed by atoms with Crippen LogP contribution >= 0.6 is 0 Å². The predicted octanol–water partition coefficient (Wildman–Crippen LogP) is 2.96. The van der Waals surface area contributed by atoms with Crippen molar-refractivity contribution in [2.24, 2.45) is 5.92 Å². The van der Waals surface area contributed by atoms with Crippen molar-refractivity contribution in [1.82, 2.24) is 15.0 Å². The minimum atomic E-state index is 0.0412. The zero-order valence-corrected chi connectivity index (χ0v) is 14.2. The quantitative estimate of drug-likeness (QED) is 0.755. The van der Waals surface area contributed by atoms with Crippen molar-refractivity contribution < 1.29 is 4.74 Å². The fourth-order valence-electron chi connectivity index (χ4n) is 1.86. The van der Waals surface area contributed by atoms with E-state index in [9.17, 15) is 0 Å². The number of hydrogen-bond acceptors (Lipinski definition) is 6. The molecule has 1 N–H and O–H groups in total. The van der Waals surface area contributed by atoms with E-state index >= 15 is 0 Å². The fraction of sp³-hybridized carbons (Fsp3) is 0.800. The summed E-state index contributed by atoms with van der Waals surface area (Å²) in [5.41, 5.74) is 0. The van der Waals surface area contributed by atoms with Gasteiger partial charge in [-0.05, 0) is 33.1 Å². The van der Waals surface area contributed by atoms with E-state index in [4.69, 9.17) is 4.74 Å². The zero-order valence-electron chi connectivity index (χ0n) is 14.2. The van der Waals surface area contributed by atoms with Gasteiger partial charge in [0.05, 0.1) is 6.10 Å². The van der Waals surface area contributed by atoms with Crippen LogP contribution in [0, 0.1) is 5.92 Å². The normalized spacial score (nSPS) is 11.0. The van der Waals surface area contributed by atoms with Crippen LogP contribution in [0.2, 0.25) is 0 Å². The first-order chi connectivity index (χ1) is 9.96. The van der Waals surface area contributed by atoms with Gasteiger partial charge in [-0.25, -0.2) is 0 Å². The molecule has 6 heteroatoms. The van der Waals surface area contributed by atoms with Crippen LogP contribution in [0.15, 0.2) is 0 Å². The van der Waals surface area contributed by atoms with Gasteiger partial charge in [-0.2, -0.15) is 15.0 Å². The Hall–Kier alpha value is -1.59. The number of ether oxygens (including phenoxy) is 1. The first-order valence-corrected chi connectivity index (χ1v) is 7.87. The van der Waals surface area contributed by atoms with E-state index in [-0.39, 0.29) is 6.10 Å². The average molecular weight is 295 g/mol. The second-order valence-corrected chi connectivity index (χ2v) is 5.77. The van der Waals surface area contributed by atoms with Crippen LogP contribution in [0.5, 0.6) is 6.01 Å². The van der Waals surface area contributed by atoms with Crippen molar-refractivity contribution in [2.75, 3.05) is 29.9 Å². The highest BCUT2D eigenvalue weighted by Crippen LogP contribution is 2.17.